The molecule has 0 aromatic rings. The molecule has 0 fully saturated rings. The Morgan fingerprint density at radius 3 is 2.62 bits per heavy atom. The third-order valence-electron chi connectivity index (χ3n) is 1.60. The van der Waals surface area contributed by atoms with Gasteiger partial charge in [0.1, 0.15) is 0 Å². The zero-order chi connectivity index (χ0) is 9.94. The van der Waals surface area contributed by atoms with E-state index in [1.807, 2.05) is 0 Å². The van der Waals surface area contributed by atoms with Gasteiger partial charge in [-0.2, -0.15) is 0 Å². The number of rotatable bonds is 8. The van der Waals surface area contributed by atoms with Gasteiger partial charge in [0.25, 0.3) is 0 Å². The van der Waals surface area contributed by atoms with Crippen molar-refractivity contribution in [1.82, 2.24) is 5.32 Å². The number of unbranched alkanes of at least 4 members (excludes halogenated alkanes) is 3. The zero-order valence-electron chi connectivity index (χ0n) is 8.04. The van der Waals surface area contributed by atoms with Crippen molar-refractivity contribution in [3.05, 3.63) is 0 Å². The fraction of sp³-hybridized carbons (Fsp3) is 0.778. The molecule has 0 saturated carbocycles. The van der Waals surface area contributed by atoms with Crippen LogP contribution >= 0.6 is 11.8 Å². The van der Waals surface area contributed by atoms with Crippen LogP contribution in [0.3, 0.4) is 0 Å². The number of carbonyl (C=O) groups excluding carboxylic acids is 2. The molecule has 4 heteroatoms. The normalized spacial score (nSPS) is 9.62. The molecule has 0 rings (SSSR count). The van der Waals surface area contributed by atoms with Gasteiger partial charge in [0.2, 0.25) is 6.41 Å². The first-order valence-corrected chi connectivity index (χ1v) is 5.56. The molecular weight excluding hydrogens is 186 g/mol. The number of amides is 1. The van der Waals surface area contributed by atoms with Crippen molar-refractivity contribution in [3.8, 4) is 0 Å². The Morgan fingerprint density at radius 2 is 2.00 bits per heavy atom. The van der Waals surface area contributed by atoms with Crippen LogP contribution < -0.4 is 5.32 Å². The summed E-state index contributed by atoms with van der Waals surface area (Å²) in [6.07, 6.45) is 5.11. The van der Waals surface area contributed by atoms with Crippen LogP contribution in [0.4, 0.5) is 0 Å². The van der Waals surface area contributed by atoms with Gasteiger partial charge in [-0.05, 0) is 12.8 Å². The van der Waals surface area contributed by atoms with E-state index >= 15 is 0 Å². The molecule has 1 amide bonds. The maximum atomic E-state index is 10.5. The second-order valence-electron chi connectivity index (χ2n) is 2.83. The molecule has 1 N–H and O–H groups in total. The zero-order valence-corrected chi connectivity index (χ0v) is 8.86. The van der Waals surface area contributed by atoms with Crippen molar-refractivity contribution in [2.45, 2.75) is 32.6 Å². The quantitative estimate of drug-likeness (QED) is 0.481. The van der Waals surface area contributed by atoms with Crippen LogP contribution in [0.2, 0.25) is 0 Å². The number of thioether (sulfide) groups is 1. The number of hydrogen-bond donors (Lipinski definition) is 1. The van der Waals surface area contributed by atoms with Gasteiger partial charge in [-0.1, -0.05) is 24.6 Å². The van der Waals surface area contributed by atoms with Gasteiger partial charge in [0.05, 0.1) is 0 Å². The first-order valence-electron chi connectivity index (χ1n) is 4.57. The summed E-state index contributed by atoms with van der Waals surface area (Å²) in [6.45, 7) is 2.36. The Kier molecular flexibility index (Phi) is 9.20. The summed E-state index contributed by atoms with van der Waals surface area (Å²) in [6, 6.07) is 0. The summed E-state index contributed by atoms with van der Waals surface area (Å²) in [5.41, 5.74) is 0. The molecule has 0 spiro atoms. The van der Waals surface area contributed by atoms with Gasteiger partial charge in [0.15, 0.2) is 5.12 Å². The molecule has 76 valence electrons. The van der Waals surface area contributed by atoms with Crippen LogP contribution in [0, 0.1) is 0 Å². The largest absolute Gasteiger partial charge is 0.359 e. The van der Waals surface area contributed by atoms with Gasteiger partial charge in [-0.3, -0.25) is 9.59 Å². The topological polar surface area (TPSA) is 46.2 Å². The summed E-state index contributed by atoms with van der Waals surface area (Å²) in [4.78, 5) is 20.4. The Labute approximate surface area is 83.7 Å². The van der Waals surface area contributed by atoms with E-state index in [0.29, 0.717) is 0 Å². The van der Waals surface area contributed by atoms with E-state index in [2.05, 4.69) is 5.32 Å². The molecule has 0 bridgehead atoms. The van der Waals surface area contributed by atoms with E-state index in [1.54, 1.807) is 6.92 Å². The molecule has 0 aliphatic rings. The SMILES string of the molecule is CC(=O)SCCCCCCNC=O. The summed E-state index contributed by atoms with van der Waals surface area (Å²) in [5, 5.41) is 2.81. The van der Waals surface area contributed by atoms with Crippen molar-refractivity contribution >= 4 is 23.3 Å². The van der Waals surface area contributed by atoms with Gasteiger partial charge < -0.3 is 5.32 Å². The molecule has 0 aliphatic carbocycles. The van der Waals surface area contributed by atoms with E-state index in [4.69, 9.17) is 0 Å². The van der Waals surface area contributed by atoms with Crippen LogP contribution in [-0.2, 0) is 9.59 Å². The maximum absolute atomic E-state index is 10.5. The summed E-state index contributed by atoms with van der Waals surface area (Å²) in [5.74, 6) is 0.927. The van der Waals surface area contributed by atoms with Crippen molar-refractivity contribution in [2.75, 3.05) is 12.3 Å². The highest BCUT2D eigenvalue weighted by molar-refractivity contribution is 8.13. The van der Waals surface area contributed by atoms with Gasteiger partial charge in [-0.25, -0.2) is 0 Å². The molecule has 0 heterocycles. The third kappa shape index (κ3) is 11.5. The summed E-state index contributed by atoms with van der Waals surface area (Å²) >= 11 is 1.39. The molecule has 0 radical (unpaired) electrons. The van der Waals surface area contributed by atoms with E-state index in [1.165, 1.54) is 11.8 Å². The average Bonchev–Trinajstić information content (AvgIpc) is 2.09. The minimum atomic E-state index is 0.197. The molecule has 13 heavy (non-hydrogen) atoms. The molecule has 3 nitrogen and oxygen atoms in total. The Hall–Kier alpha value is -0.510. The lowest BCUT2D eigenvalue weighted by molar-refractivity contribution is -0.110. The van der Waals surface area contributed by atoms with Crippen molar-refractivity contribution < 1.29 is 9.59 Å². The second-order valence-corrected chi connectivity index (χ2v) is 4.10. The number of carbonyl (C=O) groups is 2. The first-order chi connectivity index (χ1) is 6.27. The number of nitrogens with one attached hydrogen (secondary N) is 1. The Morgan fingerprint density at radius 1 is 1.31 bits per heavy atom. The van der Waals surface area contributed by atoms with Crippen LogP contribution in [0.5, 0.6) is 0 Å². The minimum absolute atomic E-state index is 0.197. The van der Waals surface area contributed by atoms with Crippen molar-refractivity contribution in [1.29, 1.82) is 0 Å². The molecular formula is C9H17NO2S. The standard InChI is InChI=1S/C9H17NO2S/c1-9(12)13-7-5-3-2-4-6-10-8-11/h8H,2-7H2,1H3,(H,10,11). The van der Waals surface area contributed by atoms with Gasteiger partial charge >= 0.3 is 0 Å². The van der Waals surface area contributed by atoms with Crippen LogP contribution in [0.25, 0.3) is 0 Å². The predicted octanol–water partition coefficient (Wildman–Crippen LogP) is 1.57. The highest BCUT2D eigenvalue weighted by Crippen LogP contribution is 2.07. The van der Waals surface area contributed by atoms with E-state index < -0.39 is 0 Å². The third-order valence-corrected chi connectivity index (χ3v) is 2.50. The monoisotopic (exact) mass is 203 g/mol. The van der Waals surface area contributed by atoms with Gasteiger partial charge in [0, 0.05) is 19.2 Å². The fourth-order valence-electron chi connectivity index (χ4n) is 0.958. The molecule has 0 aromatic carbocycles. The van der Waals surface area contributed by atoms with Crippen molar-refractivity contribution in [2.24, 2.45) is 0 Å². The van der Waals surface area contributed by atoms with Crippen molar-refractivity contribution in [3.63, 3.8) is 0 Å². The van der Waals surface area contributed by atoms with Crippen LogP contribution in [-0.4, -0.2) is 23.8 Å². The number of hydrogen-bond acceptors (Lipinski definition) is 3. The minimum Gasteiger partial charge on any atom is -0.359 e. The molecule has 0 aliphatic heterocycles. The fourth-order valence-corrected chi connectivity index (χ4v) is 1.59. The Balaban J connectivity index is 2.91. The highest BCUT2D eigenvalue weighted by Gasteiger charge is 1.94. The van der Waals surface area contributed by atoms with Crippen LogP contribution in [0.15, 0.2) is 0 Å². The average molecular weight is 203 g/mol. The lowest BCUT2D eigenvalue weighted by atomic mass is 10.2. The van der Waals surface area contributed by atoms with E-state index in [0.717, 1.165) is 44.4 Å². The van der Waals surface area contributed by atoms with Crippen LogP contribution in [0.1, 0.15) is 32.6 Å². The summed E-state index contributed by atoms with van der Waals surface area (Å²) in [7, 11) is 0. The summed E-state index contributed by atoms with van der Waals surface area (Å²) < 4.78 is 0. The molecule has 0 unspecified atom stereocenters. The highest BCUT2D eigenvalue weighted by atomic mass is 32.2. The Bertz CT molecular complexity index is 151. The molecule has 0 aromatic heterocycles. The second kappa shape index (κ2) is 9.58. The first kappa shape index (κ1) is 12.5. The maximum Gasteiger partial charge on any atom is 0.207 e. The van der Waals surface area contributed by atoms with Gasteiger partial charge in [-0.15, -0.1) is 0 Å². The predicted molar refractivity (Wildman–Crippen MR) is 55.7 cm³/mol. The molecule has 0 atom stereocenters. The van der Waals surface area contributed by atoms with E-state index in [-0.39, 0.29) is 5.12 Å². The lowest BCUT2D eigenvalue weighted by Crippen LogP contribution is -2.11. The smallest absolute Gasteiger partial charge is 0.207 e. The molecule has 0 saturated heterocycles. The van der Waals surface area contributed by atoms with E-state index in [9.17, 15) is 9.59 Å². The lowest BCUT2D eigenvalue weighted by Gasteiger charge is -1.99.